The van der Waals surface area contributed by atoms with Gasteiger partial charge in [-0.1, -0.05) is 22.0 Å². The second-order valence-corrected chi connectivity index (χ2v) is 5.84. The van der Waals surface area contributed by atoms with Crippen molar-refractivity contribution in [1.82, 2.24) is 10.2 Å². The first-order valence-electron chi connectivity index (χ1n) is 6.69. The number of hydrogen-bond donors (Lipinski definition) is 2. The summed E-state index contributed by atoms with van der Waals surface area (Å²) in [6, 6.07) is 5.27. The van der Waals surface area contributed by atoms with E-state index in [0.29, 0.717) is 12.6 Å². The third kappa shape index (κ3) is 4.53. The van der Waals surface area contributed by atoms with Gasteiger partial charge < -0.3 is 10.4 Å². The lowest BCUT2D eigenvalue weighted by Gasteiger charge is -2.25. The summed E-state index contributed by atoms with van der Waals surface area (Å²) < 4.78 is 13.9. The van der Waals surface area contributed by atoms with E-state index in [0.717, 1.165) is 29.7 Å². The average molecular weight is 331 g/mol. The number of rotatable bonds is 6. The van der Waals surface area contributed by atoms with Gasteiger partial charge in [-0.2, -0.15) is 0 Å². The molecule has 19 heavy (non-hydrogen) atoms. The standard InChI is InChI=1S/C14H20BrFN2O/c15-14-8-12(16)4-3-11(14)9-18(6-7-19)10-13-2-1-5-17-13/h3-4,8,13,17,19H,1-2,5-7,9-10H2. The summed E-state index contributed by atoms with van der Waals surface area (Å²) >= 11 is 3.39. The van der Waals surface area contributed by atoms with E-state index < -0.39 is 0 Å². The van der Waals surface area contributed by atoms with Gasteiger partial charge in [-0.25, -0.2) is 4.39 Å². The van der Waals surface area contributed by atoms with Crippen LogP contribution < -0.4 is 5.32 Å². The van der Waals surface area contributed by atoms with Crippen LogP contribution >= 0.6 is 15.9 Å². The molecule has 0 saturated carbocycles. The third-order valence-corrected chi connectivity index (χ3v) is 4.20. The minimum atomic E-state index is -0.234. The largest absolute Gasteiger partial charge is 0.395 e. The fraction of sp³-hybridized carbons (Fsp3) is 0.571. The molecule has 2 rings (SSSR count). The van der Waals surface area contributed by atoms with Crippen molar-refractivity contribution in [2.75, 3.05) is 26.2 Å². The number of aliphatic hydroxyl groups excluding tert-OH is 1. The quantitative estimate of drug-likeness (QED) is 0.838. The molecule has 2 N–H and O–H groups in total. The summed E-state index contributed by atoms with van der Waals surface area (Å²) in [5, 5.41) is 12.6. The van der Waals surface area contributed by atoms with Crippen LogP contribution in [0.25, 0.3) is 0 Å². The average Bonchev–Trinajstić information content (AvgIpc) is 2.86. The summed E-state index contributed by atoms with van der Waals surface area (Å²) in [6.07, 6.45) is 2.41. The molecule has 1 fully saturated rings. The molecule has 0 spiro atoms. The number of nitrogens with one attached hydrogen (secondary N) is 1. The lowest BCUT2D eigenvalue weighted by Crippen LogP contribution is -2.38. The third-order valence-electron chi connectivity index (χ3n) is 3.47. The fourth-order valence-electron chi connectivity index (χ4n) is 2.49. The van der Waals surface area contributed by atoms with Gasteiger partial charge in [-0.3, -0.25) is 4.90 Å². The maximum Gasteiger partial charge on any atom is 0.124 e. The molecule has 0 radical (unpaired) electrons. The molecule has 0 amide bonds. The Bertz CT molecular complexity index is 410. The van der Waals surface area contributed by atoms with E-state index in [1.165, 1.54) is 25.0 Å². The van der Waals surface area contributed by atoms with Crippen LogP contribution in [-0.4, -0.2) is 42.3 Å². The molecular weight excluding hydrogens is 311 g/mol. The van der Waals surface area contributed by atoms with E-state index in [2.05, 4.69) is 26.1 Å². The monoisotopic (exact) mass is 330 g/mol. The number of aliphatic hydroxyl groups is 1. The van der Waals surface area contributed by atoms with Crippen LogP contribution in [0, 0.1) is 5.82 Å². The molecule has 1 aromatic rings. The molecule has 0 aromatic heterocycles. The zero-order chi connectivity index (χ0) is 13.7. The fourth-order valence-corrected chi connectivity index (χ4v) is 2.97. The van der Waals surface area contributed by atoms with Gasteiger partial charge in [-0.05, 0) is 37.1 Å². The smallest absolute Gasteiger partial charge is 0.124 e. The van der Waals surface area contributed by atoms with E-state index in [1.807, 2.05) is 0 Å². The molecule has 3 nitrogen and oxygen atoms in total. The maximum absolute atomic E-state index is 13.1. The Balaban J connectivity index is 1.98. The van der Waals surface area contributed by atoms with Crippen LogP contribution in [0.1, 0.15) is 18.4 Å². The first-order chi connectivity index (χ1) is 9.19. The van der Waals surface area contributed by atoms with Gasteiger partial charge >= 0.3 is 0 Å². The predicted octanol–water partition coefficient (Wildman–Crippen LogP) is 2.13. The highest BCUT2D eigenvalue weighted by atomic mass is 79.9. The minimum Gasteiger partial charge on any atom is -0.395 e. The van der Waals surface area contributed by atoms with Crippen LogP contribution in [0.15, 0.2) is 22.7 Å². The van der Waals surface area contributed by atoms with E-state index >= 15 is 0 Å². The molecule has 1 atom stereocenters. The SMILES string of the molecule is OCCN(Cc1ccc(F)cc1Br)CC1CCCN1. The van der Waals surface area contributed by atoms with Crippen molar-refractivity contribution in [2.24, 2.45) is 0 Å². The molecular formula is C14H20BrFN2O. The Morgan fingerprint density at radius 3 is 2.95 bits per heavy atom. The van der Waals surface area contributed by atoms with Crippen LogP contribution in [0.2, 0.25) is 0 Å². The van der Waals surface area contributed by atoms with Gasteiger partial charge in [-0.15, -0.1) is 0 Å². The summed E-state index contributed by atoms with van der Waals surface area (Å²) in [5.41, 5.74) is 1.05. The van der Waals surface area contributed by atoms with Gasteiger partial charge in [0.2, 0.25) is 0 Å². The maximum atomic E-state index is 13.1. The molecule has 1 heterocycles. The Labute approximate surface area is 121 Å². The van der Waals surface area contributed by atoms with Crippen LogP contribution in [0.5, 0.6) is 0 Å². The Morgan fingerprint density at radius 1 is 1.47 bits per heavy atom. The zero-order valence-corrected chi connectivity index (χ0v) is 12.5. The van der Waals surface area contributed by atoms with Crippen LogP contribution in [-0.2, 0) is 6.54 Å². The molecule has 106 valence electrons. The van der Waals surface area contributed by atoms with Gasteiger partial charge in [0, 0.05) is 30.1 Å². The normalized spacial score (nSPS) is 19.3. The van der Waals surface area contributed by atoms with Gasteiger partial charge in [0.15, 0.2) is 0 Å². The van der Waals surface area contributed by atoms with Gasteiger partial charge in [0.25, 0.3) is 0 Å². The Morgan fingerprint density at radius 2 is 2.32 bits per heavy atom. The van der Waals surface area contributed by atoms with Crippen molar-refractivity contribution < 1.29 is 9.50 Å². The minimum absolute atomic E-state index is 0.144. The van der Waals surface area contributed by atoms with E-state index in [1.54, 1.807) is 6.07 Å². The summed E-state index contributed by atoms with van der Waals surface area (Å²) in [7, 11) is 0. The number of halogens is 2. The Kier molecular flexibility index (Phi) is 5.76. The van der Waals surface area contributed by atoms with Crippen molar-refractivity contribution >= 4 is 15.9 Å². The lowest BCUT2D eigenvalue weighted by atomic mass is 10.1. The zero-order valence-electron chi connectivity index (χ0n) is 10.9. The highest BCUT2D eigenvalue weighted by Crippen LogP contribution is 2.20. The van der Waals surface area contributed by atoms with E-state index in [-0.39, 0.29) is 12.4 Å². The van der Waals surface area contributed by atoms with Crippen LogP contribution in [0.4, 0.5) is 4.39 Å². The summed E-state index contributed by atoms with van der Waals surface area (Å²) in [4.78, 5) is 2.21. The topological polar surface area (TPSA) is 35.5 Å². The second-order valence-electron chi connectivity index (χ2n) is 4.99. The number of benzene rings is 1. The van der Waals surface area contributed by atoms with E-state index in [4.69, 9.17) is 5.11 Å². The van der Waals surface area contributed by atoms with Crippen molar-refractivity contribution in [3.8, 4) is 0 Å². The molecule has 0 bridgehead atoms. The van der Waals surface area contributed by atoms with Crippen molar-refractivity contribution in [3.05, 3.63) is 34.1 Å². The van der Waals surface area contributed by atoms with Crippen molar-refractivity contribution in [2.45, 2.75) is 25.4 Å². The molecule has 1 saturated heterocycles. The van der Waals surface area contributed by atoms with Gasteiger partial charge in [0.05, 0.1) is 6.61 Å². The second kappa shape index (κ2) is 7.33. The number of hydrogen-bond acceptors (Lipinski definition) is 3. The van der Waals surface area contributed by atoms with E-state index in [9.17, 15) is 4.39 Å². The Hall–Kier alpha value is -0.490. The van der Waals surface area contributed by atoms with Crippen molar-refractivity contribution in [3.63, 3.8) is 0 Å². The molecule has 5 heteroatoms. The first kappa shape index (κ1) is 14.9. The van der Waals surface area contributed by atoms with Gasteiger partial charge in [0.1, 0.15) is 5.82 Å². The first-order valence-corrected chi connectivity index (χ1v) is 7.49. The molecule has 1 aliphatic rings. The predicted molar refractivity (Wildman–Crippen MR) is 77.5 cm³/mol. The summed E-state index contributed by atoms with van der Waals surface area (Å²) in [6.45, 7) is 3.51. The molecule has 1 aromatic carbocycles. The number of nitrogens with zero attached hydrogens (tertiary/aromatic N) is 1. The molecule has 1 aliphatic heterocycles. The lowest BCUT2D eigenvalue weighted by molar-refractivity contribution is 0.179. The van der Waals surface area contributed by atoms with Crippen LogP contribution in [0.3, 0.4) is 0 Å². The highest BCUT2D eigenvalue weighted by Gasteiger charge is 2.18. The molecule has 0 aliphatic carbocycles. The summed E-state index contributed by atoms with van der Waals surface area (Å²) in [5.74, 6) is -0.234. The molecule has 1 unspecified atom stereocenters. The highest BCUT2D eigenvalue weighted by molar-refractivity contribution is 9.10. The van der Waals surface area contributed by atoms with Crippen molar-refractivity contribution in [1.29, 1.82) is 0 Å².